The van der Waals surface area contributed by atoms with Crippen LogP contribution in [0.15, 0.2) is 30.6 Å². The first kappa shape index (κ1) is 13.2. The molecule has 1 aromatic heterocycles. The molecule has 2 aromatic rings. The molecule has 108 valence electrons. The summed E-state index contributed by atoms with van der Waals surface area (Å²) < 4.78 is 20.6. The van der Waals surface area contributed by atoms with Crippen LogP contribution in [0.2, 0.25) is 0 Å². The van der Waals surface area contributed by atoms with Gasteiger partial charge in [0.2, 0.25) is 12.7 Å². The number of methoxy groups -OCH3 is 1. The fourth-order valence-corrected chi connectivity index (χ4v) is 1.79. The van der Waals surface area contributed by atoms with Gasteiger partial charge in [0.15, 0.2) is 17.2 Å². The number of carbonyl (C=O) groups excluding carboxylic acids is 1. The van der Waals surface area contributed by atoms with Crippen LogP contribution < -0.4 is 14.2 Å². The molecule has 21 heavy (non-hydrogen) atoms. The summed E-state index contributed by atoms with van der Waals surface area (Å²) in [6.45, 7) is 0.545. The van der Waals surface area contributed by atoms with Crippen LogP contribution in [0.5, 0.6) is 17.4 Å². The molecule has 0 atom stereocenters. The summed E-state index contributed by atoms with van der Waals surface area (Å²) in [7, 11) is 1.29. The van der Waals surface area contributed by atoms with Crippen LogP contribution in [-0.4, -0.2) is 29.8 Å². The lowest BCUT2D eigenvalue weighted by Gasteiger charge is -2.06. The lowest BCUT2D eigenvalue weighted by Crippen LogP contribution is -2.05. The highest BCUT2D eigenvalue weighted by molar-refractivity contribution is 5.86. The quantitative estimate of drug-likeness (QED) is 0.790. The molecule has 0 unspecified atom stereocenters. The number of nitrogens with zero attached hydrogens (tertiary/aromatic N) is 2. The van der Waals surface area contributed by atoms with Crippen LogP contribution >= 0.6 is 0 Å². The lowest BCUT2D eigenvalue weighted by atomic mass is 10.2. The fraction of sp³-hybridized carbons (Fsp3) is 0.214. The van der Waals surface area contributed by atoms with Crippen molar-refractivity contribution in [1.29, 1.82) is 0 Å². The van der Waals surface area contributed by atoms with E-state index in [1.807, 2.05) is 18.2 Å². The molecule has 0 amide bonds. The van der Waals surface area contributed by atoms with Gasteiger partial charge in [-0.2, -0.15) is 0 Å². The van der Waals surface area contributed by atoms with E-state index in [1.165, 1.54) is 19.5 Å². The van der Waals surface area contributed by atoms with Crippen LogP contribution in [0.25, 0.3) is 0 Å². The van der Waals surface area contributed by atoms with Crippen molar-refractivity contribution in [2.75, 3.05) is 13.9 Å². The zero-order valence-corrected chi connectivity index (χ0v) is 11.2. The summed E-state index contributed by atoms with van der Waals surface area (Å²) in [5, 5.41) is 0. The average Bonchev–Trinajstić information content (AvgIpc) is 3.00. The highest BCUT2D eigenvalue weighted by Crippen LogP contribution is 2.32. The molecule has 7 nitrogen and oxygen atoms in total. The van der Waals surface area contributed by atoms with Gasteiger partial charge in [-0.05, 0) is 17.7 Å². The standard InChI is InChI=1S/C14H12N2O5/c1-18-14(17)10-5-16-13(6-15-10)19-7-9-2-3-11-12(4-9)21-8-20-11/h2-6H,7-8H2,1H3. The Hall–Kier alpha value is -2.83. The van der Waals surface area contributed by atoms with Crippen LogP contribution in [0.4, 0.5) is 0 Å². The van der Waals surface area contributed by atoms with E-state index in [9.17, 15) is 4.79 Å². The molecular weight excluding hydrogens is 276 g/mol. The summed E-state index contributed by atoms with van der Waals surface area (Å²) in [4.78, 5) is 19.1. The van der Waals surface area contributed by atoms with Gasteiger partial charge in [0.25, 0.3) is 0 Å². The van der Waals surface area contributed by atoms with Crippen molar-refractivity contribution in [3.05, 3.63) is 41.9 Å². The van der Waals surface area contributed by atoms with Crippen molar-refractivity contribution in [2.45, 2.75) is 6.61 Å². The molecule has 7 heteroatoms. The minimum absolute atomic E-state index is 0.132. The number of benzene rings is 1. The number of ether oxygens (including phenoxy) is 4. The lowest BCUT2D eigenvalue weighted by molar-refractivity contribution is 0.0593. The number of rotatable bonds is 4. The van der Waals surface area contributed by atoms with Gasteiger partial charge in [0.05, 0.1) is 19.5 Å². The maximum absolute atomic E-state index is 11.2. The van der Waals surface area contributed by atoms with E-state index in [0.717, 1.165) is 11.3 Å². The molecule has 0 N–H and O–H groups in total. The maximum Gasteiger partial charge on any atom is 0.358 e. The van der Waals surface area contributed by atoms with E-state index in [1.54, 1.807) is 0 Å². The third kappa shape index (κ3) is 2.86. The molecule has 0 bridgehead atoms. The molecule has 1 aromatic carbocycles. The topological polar surface area (TPSA) is 79.8 Å². The summed E-state index contributed by atoms with van der Waals surface area (Å²) in [5.41, 5.74) is 1.05. The van der Waals surface area contributed by atoms with Gasteiger partial charge < -0.3 is 18.9 Å². The minimum atomic E-state index is -0.537. The van der Waals surface area contributed by atoms with E-state index in [4.69, 9.17) is 14.2 Å². The molecule has 0 fully saturated rings. The first-order chi connectivity index (χ1) is 10.3. The highest BCUT2D eigenvalue weighted by atomic mass is 16.7. The molecule has 0 spiro atoms. The first-order valence-corrected chi connectivity index (χ1v) is 6.18. The molecule has 0 aliphatic carbocycles. The Morgan fingerprint density at radius 3 is 2.86 bits per heavy atom. The van der Waals surface area contributed by atoms with E-state index >= 15 is 0 Å². The van der Waals surface area contributed by atoms with Gasteiger partial charge in [-0.25, -0.2) is 14.8 Å². The first-order valence-electron chi connectivity index (χ1n) is 6.18. The predicted octanol–water partition coefficient (Wildman–Crippen LogP) is 1.57. The second kappa shape index (κ2) is 5.66. The Labute approximate surface area is 120 Å². The molecular formula is C14H12N2O5. The van der Waals surface area contributed by atoms with Crippen molar-refractivity contribution < 1.29 is 23.7 Å². The van der Waals surface area contributed by atoms with E-state index in [2.05, 4.69) is 14.7 Å². The Morgan fingerprint density at radius 1 is 1.24 bits per heavy atom. The van der Waals surface area contributed by atoms with Crippen LogP contribution in [0.3, 0.4) is 0 Å². The van der Waals surface area contributed by atoms with Gasteiger partial charge in [-0.3, -0.25) is 0 Å². The second-order valence-electron chi connectivity index (χ2n) is 4.21. The van der Waals surface area contributed by atoms with Gasteiger partial charge in [-0.1, -0.05) is 6.07 Å². The van der Waals surface area contributed by atoms with E-state index in [-0.39, 0.29) is 12.5 Å². The molecule has 0 saturated heterocycles. The average molecular weight is 288 g/mol. The second-order valence-corrected chi connectivity index (χ2v) is 4.21. The Bertz CT molecular complexity index is 657. The van der Waals surface area contributed by atoms with Crippen LogP contribution in [-0.2, 0) is 11.3 Å². The van der Waals surface area contributed by atoms with E-state index in [0.29, 0.717) is 18.2 Å². The smallest absolute Gasteiger partial charge is 0.358 e. The number of aromatic nitrogens is 2. The molecule has 0 saturated carbocycles. The molecule has 1 aliphatic heterocycles. The van der Waals surface area contributed by atoms with E-state index < -0.39 is 5.97 Å². The monoisotopic (exact) mass is 288 g/mol. The van der Waals surface area contributed by atoms with Gasteiger partial charge in [0.1, 0.15) is 6.61 Å². The number of hydrogen-bond acceptors (Lipinski definition) is 7. The zero-order valence-electron chi connectivity index (χ0n) is 11.2. The maximum atomic E-state index is 11.2. The number of carbonyl (C=O) groups is 1. The van der Waals surface area contributed by atoms with Crippen molar-refractivity contribution in [1.82, 2.24) is 9.97 Å². The zero-order chi connectivity index (χ0) is 14.7. The summed E-state index contributed by atoms with van der Waals surface area (Å²) in [6.07, 6.45) is 2.68. The van der Waals surface area contributed by atoms with Gasteiger partial charge in [-0.15, -0.1) is 0 Å². The normalized spacial score (nSPS) is 12.0. The third-order valence-corrected chi connectivity index (χ3v) is 2.85. The fourth-order valence-electron chi connectivity index (χ4n) is 1.79. The van der Waals surface area contributed by atoms with Crippen molar-refractivity contribution in [3.63, 3.8) is 0 Å². The van der Waals surface area contributed by atoms with Gasteiger partial charge in [0, 0.05) is 0 Å². The molecule has 0 radical (unpaired) electrons. The highest BCUT2D eigenvalue weighted by Gasteiger charge is 2.13. The summed E-state index contributed by atoms with van der Waals surface area (Å²) in [6, 6.07) is 5.55. The summed E-state index contributed by atoms with van der Waals surface area (Å²) >= 11 is 0. The van der Waals surface area contributed by atoms with Crippen molar-refractivity contribution in [3.8, 4) is 17.4 Å². The van der Waals surface area contributed by atoms with Gasteiger partial charge >= 0.3 is 5.97 Å². The number of fused-ring (bicyclic) bond motifs is 1. The SMILES string of the molecule is COC(=O)c1cnc(OCc2ccc3c(c2)OCO3)cn1. The summed E-state index contributed by atoms with van der Waals surface area (Å²) in [5.74, 6) is 1.20. The largest absolute Gasteiger partial charge is 0.472 e. The molecule has 2 heterocycles. The molecule has 3 rings (SSSR count). The predicted molar refractivity (Wildman–Crippen MR) is 70.3 cm³/mol. The van der Waals surface area contributed by atoms with Crippen molar-refractivity contribution >= 4 is 5.97 Å². The number of hydrogen-bond donors (Lipinski definition) is 0. The Kier molecular flexibility index (Phi) is 3.55. The number of esters is 1. The van der Waals surface area contributed by atoms with Crippen LogP contribution in [0.1, 0.15) is 16.1 Å². The molecule has 1 aliphatic rings. The third-order valence-electron chi connectivity index (χ3n) is 2.85. The Morgan fingerprint density at radius 2 is 2.10 bits per heavy atom. The van der Waals surface area contributed by atoms with Crippen molar-refractivity contribution in [2.24, 2.45) is 0 Å². The minimum Gasteiger partial charge on any atom is -0.472 e. The Balaban J connectivity index is 1.63. The van der Waals surface area contributed by atoms with Crippen LogP contribution in [0, 0.1) is 0 Å².